The topological polar surface area (TPSA) is 33.0 Å². The Labute approximate surface area is 114 Å². The summed E-state index contributed by atoms with van der Waals surface area (Å²) in [7, 11) is 0. The SMILES string of the molecule is Cc1ccc(C#N)cc1OCc1c(C)cccc1C. The molecule has 0 radical (unpaired) electrons. The molecule has 2 aromatic rings. The Morgan fingerprint density at radius 2 is 1.68 bits per heavy atom. The van der Waals surface area contributed by atoms with E-state index in [1.165, 1.54) is 16.7 Å². The summed E-state index contributed by atoms with van der Waals surface area (Å²) < 4.78 is 5.88. The van der Waals surface area contributed by atoms with E-state index in [4.69, 9.17) is 10.00 Å². The lowest BCUT2D eigenvalue weighted by Crippen LogP contribution is -2.01. The Balaban J connectivity index is 2.22. The maximum atomic E-state index is 8.92. The van der Waals surface area contributed by atoms with E-state index in [1.54, 1.807) is 12.1 Å². The van der Waals surface area contributed by atoms with Crippen molar-refractivity contribution in [3.8, 4) is 11.8 Å². The van der Waals surface area contributed by atoms with Gasteiger partial charge >= 0.3 is 0 Å². The average molecular weight is 251 g/mol. The molecule has 0 saturated carbocycles. The third-order valence-corrected chi connectivity index (χ3v) is 3.33. The first-order valence-corrected chi connectivity index (χ1v) is 6.30. The van der Waals surface area contributed by atoms with Crippen molar-refractivity contribution in [1.29, 1.82) is 5.26 Å². The Hall–Kier alpha value is -2.27. The molecule has 0 N–H and O–H groups in total. The van der Waals surface area contributed by atoms with Crippen molar-refractivity contribution in [3.63, 3.8) is 0 Å². The molecule has 2 nitrogen and oxygen atoms in total. The van der Waals surface area contributed by atoms with Gasteiger partial charge in [-0.1, -0.05) is 24.3 Å². The third-order valence-electron chi connectivity index (χ3n) is 3.33. The molecule has 0 aliphatic rings. The molecule has 0 saturated heterocycles. The fraction of sp³-hybridized carbons (Fsp3) is 0.235. The summed E-state index contributed by atoms with van der Waals surface area (Å²) in [5.74, 6) is 0.779. The Kier molecular flexibility index (Phi) is 3.87. The molecule has 0 aliphatic carbocycles. The minimum absolute atomic E-state index is 0.536. The third kappa shape index (κ3) is 2.95. The van der Waals surface area contributed by atoms with E-state index in [0.717, 1.165) is 11.3 Å². The average Bonchev–Trinajstić information content (AvgIpc) is 2.40. The molecule has 0 heterocycles. The van der Waals surface area contributed by atoms with Gasteiger partial charge in [0.1, 0.15) is 12.4 Å². The summed E-state index contributed by atoms with van der Waals surface area (Å²) in [6, 6.07) is 13.9. The van der Waals surface area contributed by atoms with Gasteiger partial charge in [0, 0.05) is 0 Å². The van der Waals surface area contributed by atoms with E-state index in [1.807, 2.05) is 13.0 Å². The second-order valence-corrected chi connectivity index (χ2v) is 4.75. The van der Waals surface area contributed by atoms with Crippen molar-refractivity contribution in [2.24, 2.45) is 0 Å². The van der Waals surface area contributed by atoms with Crippen LogP contribution in [-0.2, 0) is 6.61 Å². The molecular weight excluding hydrogens is 234 g/mol. The van der Waals surface area contributed by atoms with E-state index in [0.29, 0.717) is 12.2 Å². The van der Waals surface area contributed by atoms with E-state index in [9.17, 15) is 0 Å². The van der Waals surface area contributed by atoms with Crippen molar-refractivity contribution >= 4 is 0 Å². The fourth-order valence-corrected chi connectivity index (χ4v) is 2.05. The number of nitrogens with zero attached hydrogens (tertiary/aromatic N) is 1. The molecule has 2 rings (SSSR count). The Morgan fingerprint density at radius 1 is 1.00 bits per heavy atom. The van der Waals surface area contributed by atoms with E-state index < -0.39 is 0 Å². The van der Waals surface area contributed by atoms with Crippen molar-refractivity contribution in [2.75, 3.05) is 0 Å². The minimum Gasteiger partial charge on any atom is -0.489 e. The van der Waals surface area contributed by atoms with E-state index in [2.05, 4.69) is 38.1 Å². The van der Waals surface area contributed by atoms with Gasteiger partial charge in [-0.15, -0.1) is 0 Å². The molecule has 0 bridgehead atoms. The van der Waals surface area contributed by atoms with Crippen molar-refractivity contribution in [1.82, 2.24) is 0 Å². The lowest BCUT2D eigenvalue weighted by Gasteiger charge is -2.13. The maximum absolute atomic E-state index is 8.92. The standard InChI is InChI=1S/C17H17NO/c1-12-5-4-6-13(2)16(12)11-19-17-9-15(10-18)8-7-14(17)3/h4-9H,11H2,1-3H3. The molecule has 19 heavy (non-hydrogen) atoms. The zero-order valence-electron chi connectivity index (χ0n) is 11.5. The molecule has 96 valence electrons. The quantitative estimate of drug-likeness (QED) is 0.824. The second kappa shape index (κ2) is 5.58. The van der Waals surface area contributed by atoms with Crippen LogP contribution in [0.5, 0.6) is 5.75 Å². The highest BCUT2D eigenvalue weighted by atomic mass is 16.5. The number of ether oxygens (including phenoxy) is 1. The molecule has 0 amide bonds. The predicted octanol–water partition coefficient (Wildman–Crippen LogP) is 4.06. The van der Waals surface area contributed by atoms with E-state index >= 15 is 0 Å². The smallest absolute Gasteiger partial charge is 0.124 e. The number of rotatable bonds is 3. The van der Waals surface area contributed by atoms with Crippen molar-refractivity contribution in [3.05, 3.63) is 64.2 Å². The van der Waals surface area contributed by atoms with Crippen LogP contribution in [0.25, 0.3) is 0 Å². The first kappa shape index (κ1) is 13.2. The van der Waals surface area contributed by atoms with Crippen LogP contribution in [0.4, 0.5) is 0 Å². The Bertz CT molecular complexity index is 618. The zero-order chi connectivity index (χ0) is 13.8. The molecule has 0 unspecified atom stereocenters. The van der Waals surface area contributed by atoms with Crippen molar-refractivity contribution in [2.45, 2.75) is 27.4 Å². The van der Waals surface area contributed by atoms with Crippen LogP contribution >= 0.6 is 0 Å². The van der Waals surface area contributed by atoms with Gasteiger partial charge < -0.3 is 4.74 Å². The second-order valence-electron chi connectivity index (χ2n) is 4.75. The van der Waals surface area contributed by atoms with Gasteiger partial charge in [0.15, 0.2) is 0 Å². The highest BCUT2D eigenvalue weighted by Crippen LogP contribution is 2.22. The van der Waals surface area contributed by atoms with Gasteiger partial charge in [-0.2, -0.15) is 5.26 Å². The van der Waals surface area contributed by atoms with E-state index in [-0.39, 0.29) is 0 Å². The van der Waals surface area contributed by atoms with Gasteiger partial charge in [0.25, 0.3) is 0 Å². The number of aryl methyl sites for hydroxylation is 3. The van der Waals surface area contributed by atoms with Crippen LogP contribution in [0.3, 0.4) is 0 Å². The lowest BCUT2D eigenvalue weighted by atomic mass is 10.0. The summed E-state index contributed by atoms with van der Waals surface area (Å²) in [5.41, 5.74) is 5.35. The number of nitriles is 1. The van der Waals surface area contributed by atoms with Gasteiger partial charge in [-0.05, 0) is 55.2 Å². The monoisotopic (exact) mass is 251 g/mol. The molecule has 0 aromatic heterocycles. The summed E-state index contributed by atoms with van der Waals surface area (Å²) >= 11 is 0. The minimum atomic E-state index is 0.536. The first-order chi connectivity index (χ1) is 9.11. The largest absolute Gasteiger partial charge is 0.489 e. The maximum Gasteiger partial charge on any atom is 0.124 e. The molecule has 0 fully saturated rings. The van der Waals surface area contributed by atoms with Crippen LogP contribution in [0.1, 0.15) is 27.8 Å². The molecule has 0 atom stereocenters. The predicted molar refractivity (Wildman–Crippen MR) is 76.1 cm³/mol. The number of hydrogen-bond acceptors (Lipinski definition) is 2. The van der Waals surface area contributed by atoms with Crippen molar-refractivity contribution < 1.29 is 4.74 Å². The van der Waals surface area contributed by atoms with Crippen LogP contribution in [0, 0.1) is 32.1 Å². The zero-order valence-corrected chi connectivity index (χ0v) is 11.5. The van der Waals surface area contributed by atoms with Gasteiger partial charge in [0.05, 0.1) is 11.6 Å². The van der Waals surface area contributed by atoms with Crippen LogP contribution < -0.4 is 4.74 Å². The summed E-state index contributed by atoms with van der Waals surface area (Å²) in [6.45, 7) is 6.70. The van der Waals surface area contributed by atoms with Gasteiger partial charge in [-0.3, -0.25) is 0 Å². The Morgan fingerprint density at radius 3 is 2.32 bits per heavy atom. The summed E-state index contributed by atoms with van der Waals surface area (Å²) in [4.78, 5) is 0. The first-order valence-electron chi connectivity index (χ1n) is 6.30. The molecular formula is C17H17NO. The highest BCUT2D eigenvalue weighted by molar-refractivity contribution is 5.42. The molecule has 0 spiro atoms. The number of benzene rings is 2. The summed E-state index contributed by atoms with van der Waals surface area (Å²) in [6.07, 6.45) is 0. The van der Waals surface area contributed by atoms with Gasteiger partial charge in [-0.25, -0.2) is 0 Å². The van der Waals surface area contributed by atoms with Crippen LogP contribution in [-0.4, -0.2) is 0 Å². The molecule has 2 aromatic carbocycles. The van der Waals surface area contributed by atoms with Crippen LogP contribution in [0.15, 0.2) is 36.4 Å². The van der Waals surface area contributed by atoms with Gasteiger partial charge in [0.2, 0.25) is 0 Å². The fourth-order valence-electron chi connectivity index (χ4n) is 2.05. The van der Waals surface area contributed by atoms with Crippen LogP contribution in [0.2, 0.25) is 0 Å². The normalized spacial score (nSPS) is 10.0. The summed E-state index contributed by atoms with van der Waals surface area (Å²) in [5, 5.41) is 8.92. The lowest BCUT2D eigenvalue weighted by molar-refractivity contribution is 0.302. The number of hydrogen-bond donors (Lipinski definition) is 0. The molecule has 2 heteroatoms. The highest BCUT2D eigenvalue weighted by Gasteiger charge is 2.05. The molecule has 0 aliphatic heterocycles.